The van der Waals surface area contributed by atoms with Crippen LogP contribution in [0, 0.1) is 5.82 Å². The van der Waals surface area contributed by atoms with Gasteiger partial charge in [0.2, 0.25) is 5.75 Å². The number of ether oxygens (including phenoxy) is 4. The molecule has 0 radical (unpaired) electrons. The normalized spacial score (nSPS) is 10.6. The predicted octanol–water partition coefficient (Wildman–Crippen LogP) is 4.97. The molecule has 0 amide bonds. The third kappa shape index (κ3) is 5.31. The van der Waals surface area contributed by atoms with Crippen LogP contribution in [0.2, 0.25) is 0 Å². The van der Waals surface area contributed by atoms with E-state index in [4.69, 9.17) is 18.9 Å². The van der Waals surface area contributed by atoms with E-state index in [0.717, 1.165) is 0 Å². The molecule has 0 bridgehead atoms. The second kappa shape index (κ2) is 10.3. The first-order chi connectivity index (χ1) is 15.4. The zero-order valence-electron chi connectivity index (χ0n) is 17.8. The molecule has 0 aliphatic heterocycles. The molecule has 0 saturated heterocycles. The standard InChI is InChI=1S/C25H21FO6/c1-29-22-14-16(15-23(30-2)24(22)31-3)4-13-21(27)17-7-11-20(12-8-17)32-25(28)18-5-9-19(26)10-6-18/h4-15H,1-3H3/b13-4+. The second-order valence-corrected chi connectivity index (χ2v) is 6.58. The number of hydrogen-bond donors (Lipinski definition) is 0. The summed E-state index contributed by atoms with van der Waals surface area (Å²) in [6, 6.07) is 14.6. The lowest BCUT2D eigenvalue weighted by Gasteiger charge is -2.12. The number of halogens is 1. The van der Waals surface area contributed by atoms with Crippen molar-refractivity contribution in [2.45, 2.75) is 0 Å². The van der Waals surface area contributed by atoms with E-state index < -0.39 is 11.8 Å². The average molecular weight is 436 g/mol. The first-order valence-corrected chi connectivity index (χ1v) is 9.55. The van der Waals surface area contributed by atoms with Crippen molar-refractivity contribution in [2.75, 3.05) is 21.3 Å². The Bertz CT molecular complexity index is 1110. The number of hydrogen-bond acceptors (Lipinski definition) is 6. The lowest BCUT2D eigenvalue weighted by Crippen LogP contribution is -2.08. The molecule has 32 heavy (non-hydrogen) atoms. The number of carbonyl (C=O) groups excluding carboxylic acids is 2. The molecule has 3 aromatic rings. The van der Waals surface area contributed by atoms with Crippen LogP contribution in [0.3, 0.4) is 0 Å². The van der Waals surface area contributed by atoms with E-state index in [2.05, 4.69) is 0 Å². The van der Waals surface area contributed by atoms with Crippen LogP contribution in [0.15, 0.2) is 66.7 Å². The molecule has 0 aromatic heterocycles. The summed E-state index contributed by atoms with van der Waals surface area (Å²) >= 11 is 0. The van der Waals surface area contributed by atoms with E-state index in [9.17, 15) is 14.0 Å². The molecule has 7 heteroatoms. The zero-order valence-corrected chi connectivity index (χ0v) is 17.8. The maximum absolute atomic E-state index is 13.0. The highest BCUT2D eigenvalue weighted by Crippen LogP contribution is 2.38. The van der Waals surface area contributed by atoms with Crippen molar-refractivity contribution < 1.29 is 32.9 Å². The monoisotopic (exact) mass is 436 g/mol. The van der Waals surface area contributed by atoms with Crippen molar-refractivity contribution in [1.82, 2.24) is 0 Å². The quantitative estimate of drug-likeness (QED) is 0.215. The molecule has 3 rings (SSSR count). The molecule has 0 atom stereocenters. The predicted molar refractivity (Wildman–Crippen MR) is 117 cm³/mol. The van der Waals surface area contributed by atoms with E-state index in [0.29, 0.717) is 28.4 Å². The Labute approximate surface area is 184 Å². The summed E-state index contributed by atoms with van der Waals surface area (Å²) in [7, 11) is 4.54. The number of allylic oxidation sites excluding steroid dienone is 1. The maximum atomic E-state index is 13.0. The Morgan fingerprint density at radius 3 is 1.88 bits per heavy atom. The van der Waals surface area contributed by atoms with Crippen molar-refractivity contribution in [3.63, 3.8) is 0 Å². The van der Waals surface area contributed by atoms with Gasteiger partial charge in [0.1, 0.15) is 11.6 Å². The molecular formula is C25H21FO6. The maximum Gasteiger partial charge on any atom is 0.343 e. The molecule has 164 valence electrons. The van der Waals surface area contributed by atoms with Crippen LogP contribution in [0.4, 0.5) is 4.39 Å². The van der Waals surface area contributed by atoms with Crippen LogP contribution in [0.25, 0.3) is 6.08 Å². The average Bonchev–Trinajstić information content (AvgIpc) is 2.82. The van der Waals surface area contributed by atoms with E-state index in [-0.39, 0.29) is 17.1 Å². The van der Waals surface area contributed by atoms with Gasteiger partial charge in [0.05, 0.1) is 26.9 Å². The fourth-order valence-corrected chi connectivity index (χ4v) is 2.90. The number of esters is 1. The fourth-order valence-electron chi connectivity index (χ4n) is 2.90. The van der Waals surface area contributed by atoms with Crippen molar-refractivity contribution in [3.05, 3.63) is 89.2 Å². The molecule has 3 aromatic carbocycles. The molecule has 0 fully saturated rings. The van der Waals surface area contributed by atoms with Crippen LogP contribution in [0.1, 0.15) is 26.3 Å². The van der Waals surface area contributed by atoms with Crippen LogP contribution in [0.5, 0.6) is 23.0 Å². The molecule has 6 nitrogen and oxygen atoms in total. The lowest BCUT2D eigenvalue weighted by molar-refractivity contribution is 0.0734. The van der Waals surface area contributed by atoms with Crippen molar-refractivity contribution >= 4 is 17.8 Å². The lowest BCUT2D eigenvalue weighted by atomic mass is 10.1. The van der Waals surface area contributed by atoms with E-state index in [1.54, 1.807) is 30.3 Å². The van der Waals surface area contributed by atoms with Crippen molar-refractivity contribution in [3.8, 4) is 23.0 Å². The van der Waals surface area contributed by atoms with Gasteiger partial charge in [-0.3, -0.25) is 4.79 Å². The van der Waals surface area contributed by atoms with Gasteiger partial charge >= 0.3 is 5.97 Å². The summed E-state index contributed by atoms with van der Waals surface area (Å²) in [6.07, 6.45) is 3.05. The van der Waals surface area contributed by atoms with Gasteiger partial charge in [-0.2, -0.15) is 0 Å². The minimum atomic E-state index is -0.619. The summed E-state index contributed by atoms with van der Waals surface area (Å²) < 4.78 is 34.1. The highest BCUT2D eigenvalue weighted by molar-refractivity contribution is 6.07. The summed E-state index contributed by atoms with van der Waals surface area (Å²) in [5.41, 5.74) is 1.33. The topological polar surface area (TPSA) is 71.1 Å². The van der Waals surface area contributed by atoms with Gasteiger partial charge in [-0.1, -0.05) is 6.08 Å². The third-order valence-corrected chi connectivity index (χ3v) is 4.54. The number of methoxy groups -OCH3 is 3. The number of rotatable bonds is 8. The molecule has 0 aliphatic carbocycles. The van der Waals surface area contributed by atoms with Crippen molar-refractivity contribution in [2.24, 2.45) is 0 Å². The molecule has 0 spiro atoms. The van der Waals surface area contributed by atoms with E-state index >= 15 is 0 Å². The Morgan fingerprint density at radius 2 is 1.34 bits per heavy atom. The summed E-state index contributed by atoms with van der Waals surface area (Å²) in [5.74, 6) is 0.386. The van der Waals surface area contributed by atoms with Gasteiger partial charge in [-0.25, -0.2) is 9.18 Å². The molecule has 0 N–H and O–H groups in total. The van der Waals surface area contributed by atoms with Gasteiger partial charge in [0.15, 0.2) is 17.3 Å². The minimum Gasteiger partial charge on any atom is -0.493 e. The first kappa shape index (κ1) is 22.6. The highest BCUT2D eigenvalue weighted by atomic mass is 19.1. The van der Waals surface area contributed by atoms with Crippen LogP contribution >= 0.6 is 0 Å². The van der Waals surface area contributed by atoms with Crippen molar-refractivity contribution in [1.29, 1.82) is 0 Å². The largest absolute Gasteiger partial charge is 0.493 e. The Morgan fingerprint density at radius 1 is 0.781 bits per heavy atom. The second-order valence-electron chi connectivity index (χ2n) is 6.58. The van der Waals surface area contributed by atoms with Gasteiger partial charge in [0.25, 0.3) is 0 Å². The van der Waals surface area contributed by atoms with Gasteiger partial charge in [-0.15, -0.1) is 0 Å². The van der Waals surface area contributed by atoms with Gasteiger partial charge < -0.3 is 18.9 Å². The first-order valence-electron chi connectivity index (χ1n) is 9.55. The number of carbonyl (C=O) groups is 2. The molecule has 0 heterocycles. The number of ketones is 1. The molecule has 0 saturated carbocycles. The van der Waals surface area contributed by atoms with Crippen LogP contribution in [-0.4, -0.2) is 33.1 Å². The Hall–Kier alpha value is -4.13. The highest BCUT2D eigenvalue weighted by Gasteiger charge is 2.13. The smallest absolute Gasteiger partial charge is 0.343 e. The summed E-state index contributed by atoms with van der Waals surface area (Å²) in [4.78, 5) is 24.6. The molecule has 0 aliphatic rings. The van der Waals surface area contributed by atoms with Gasteiger partial charge in [0, 0.05) is 5.56 Å². The Kier molecular flexibility index (Phi) is 7.23. The van der Waals surface area contributed by atoms with E-state index in [1.807, 2.05) is 0 Å². The molecule has 0 unspecified atom stereocenters. The Balaban J connectivity index is 1.70. The third-order valence-electron chi connectivity index (χ3n) is 4.54. The summed E-state index contributed by atoms with van der Waals surface area (Å²) in [6.45, 7) is 0. The minimum absolute atomic E-state index is 0.222. The SMILES string of the molecule is COc1cc(/C=C/C(=O)c2ccc(OC(=O)c3ccc(F)cc3)cc2)cc(OC)c1OC. The van der Waals surface area contributed by atoms with Gasteiger partial charge in [-0.05, 0) is 72.3 Å². The van der Waals surface area contributed by atoms with Crippen LogP contribution in [-0.2, 0) is 0 Å². The number of benzene rings is 3. The summed E-state index contributed by atoms with van der Waals surface area (Å²) in [5, 5.41) is 0. The molecular weight excluding hydrogens is 415 g/mol. The van der Waals surface area contributed by atoms with E-state index in [1.165, 1.54) is 63.8 Å². The fraction of sp³-hybridized carbons (Fsp3) is 0.120. The van der Waals surface area contributed by atoms with Crippen LogP contribution < -0.4 is 18.9 Å². The zero-order chi connectivity index (χ0) is 23.1.